The van der Waals surface area contributed by atoms with Crippen LogP contribution in [0.25, 0.3) is 0 Å². The molecule has 0 saturated carbocycles. The van der Waals surface area contributed by atoms with E-state index in [1.807, 2.05) is 13.0 Å². The van der Waals surface area contributed by atoms with E-state index in [0.29, 0.717) is 35.9 Å². The highest BCUT2D eigenvalue weighted by Gasteiger charge is 2.33. The highest BCUT2D eigenvalue weighted by molar-refractivity contribution is 7.91. The van der Waals surface area contributed by atoms with Crippen LogP contribution in [0.4, 0.5) is 0 Å². The zero-order chi connectivity index (χ0) is 16.3. The number of hydrogen-bond donors (Lipinski definition) is 0. The molecule has 1 amide bonds. The van der Waals surface area contributed by atoms with Gasteiger partial charge in [-0.05, 0) is 37.5 Å². The lowest BCUT2D eigenvalue weighted by Gasteiger charge is -2.27. The molecular weight excluding hydrogens is 345 g/mol. The molecule has 1 fully saturated rings. The molecule has 7 heteroatoms. The van der Waals surface area contributed by atoms with E-state index in [1.54, 1.807) is 17.0 Å². The van der Waals surface area contributed by atoms with Gasteiger partial charge in [-0.15, -0.1) is 0 Å². The number of carbonyl (C=O) groups excluding carboxylic acids is 1. The van der Waals surface area contributed by atoms with Crippen LogP contribution in [0, 0.1) is 0 Å². The molecule has 0 N–H and O–H groups in total. The Bertz CT molecular complexity index is 661. The zero-order valence-electron chi connectivity index (χ0n) is 12.4. The van der Waals surface area contributed by atoms with Gasteiger partial charge < -0.3 is 4.90 Å². The van der Waals surface area contributed by atoms with Gasteiger partial charge in [-0.3, -0.25) is 4.79 Å². The molecule has 0 aliphatic carbocycles. The summed E-state index contributed by atoms with van der Waals surface area (Å²) in [6.07, 6.45) is 1.36. The summed E-state index contributed by atoms with van der Waals surface area (Å²) in [4.78, 5) is 14.1. The molecule has 22 heavy (non-hydrogen) atoms. The molecule has 0 spiro atoms. The van der Waals surface area contributed by atoms with E-state index in [-0.39, 0.29) is 23.5 Å². The molecule has 4 nitrogen and oxygen atoms in total. The zero-order valence-corrected chi connectivity index (χ0v) is 14.7. The highest BCUT2D eigenvalue weighted by atomic mass is 35.5. The molecule has 2 rings (SSSR count). The topological polar surface area (TPSA) is 54.5 Å². The second-order valence-corrected chi connectivity index (χ2v) is 8.54. The maximum absolute atomic E-state index is 12.4. The van der Waals surface area contributed by atoms with E-state index in [0.717, 1.165) is 5.56 Å². The number of rotatable bonds is 5. The molecule has 0 bridgehead atoms. The molecule has 122 valence electrons. The minimum absolute atomic E-state index is 0.0318. The third kappa shape index (κ3) is 4.37. The van der Waals surface area contributed by atoms with E-state index in [9.17, 15) is 13.2 Å². The van der Waals surface area contributed by atoms with Gasteiger partial charge in [0.15, 0.2) is 9.84 Å². The van der Waals surface area contributed by atoms with E-state index >= 15 is 0 Å². The second-order valence-electron chi connectivity index (χ2n) is 5.47. The lowest BCUT2D eigenvalue weighted by atomic mass is 10.1. The molecular formula is C15H19Cl2NO3S. The fourth-order valence-electron chi connectivity index (χ4n) is 2.77. The molecule has 1 aromatic carbocycles. The number of sulfone groups is 1. The van der Waals surface area contributed by atoms with Crippen LogP contribution in [-0.2, 0) is 21.1 Å². The van der Waals surface area contributed by atoms with E-state index in [1.165, 1.54) is 0 Å². The van der Waals surface area contributed by atoms with Gasteiger partial charge in [-0.2, -0.15) is 0 Å². The van der Waals surface area contributed by atoms with Crippen molar-refractivity contribution in [3.63, 3.8) is 0 Å². The molecule has 1 aliphatic heterocycles. The Kier molecular flexibility index (Phi) is 5.75. The number of hydrogen-bond acceptors (Lipinski definition) is 3. The number of carbonyl (C=O) groups is 1. The third-order valence-corrected chi connectivity index (χ3v) is 6.27. The smallest absolute Gasteiger partial charge is 0.223 e. The molecule has 1 unspecified atom stereocenters. The standard InChI is InChI=1S/C15H19Cl2NO3S/c1-2-18(13-7-8-22(20,21)10-13)15(19)6-4-11-3-5-12(16)9-14(11)17/h3,5,9,13H,2,4,6-8,10H2,1H3. The predicted molar refractivity (Wildman–Crippen MR) is 89.2 cm³/mol. The minimum Gasteiger partial charge on any atom is -0.339 e. The van der Waals surface area contributed by atoms with Gasteiger partial charge in [0.25, 0.3) is 0 Å². The van der Waals surface area contributed by atoms with Gasteiger partial charge in [0.2, 0.25) is 5.91 Å². The van der Waals surface area contributed by atoms with Crippen molar-refractivity contribution in [2.75, 3.05) is 18.1 Å². The molecule has 1 heterocycles. The van der Waals surface area contributed by atoms with Crippen LogP contribution < -0.4 is 0 Å². The van der Waals surface area contributed by atoms with E-state index in [4.69, 9.17) is 23.2 Å². The number of halogens is 2. The average molecular weight is 364 g/mol. The van der Waals surface area contributed by atoms with Crippen molar-refractivity contribution in [2.24, 2.45) is 0 Å². The number of nitrogens with zero attached hydrogens (tertiary/aromatic N) is 1. The average Bonchev–Trinajstić information content (AvgIpc) is 2.78. The van der Waals surface area contributed by atoms with E-state index < -0.39 is 9.84 Å². The van der Waals surface area contributed by atoms with Crippen molar-refractivity contribution in [1.82, 2.24) is 4.90 Å². The molecule has 0 radical (unpaired) electrons. The minimum atomic E-state index is -2.99. The van der Waals surface area contributed by atoms with Crippen molar-refractivity contribution in [1.29, 1.82) is 0 Å². The lowest BCUT2D eigenvalue weighted by molar-refractivity contribution is -0.132. The quantitative estimate of drug-likeness (QED) is 0.807. The Labute approximate surface area is 141 Å². The van der Waals surface area contributed by atoms with Crippen LogP contribution in [-0.4, -0.2) is 43.3 Å². The number of benzene rings is 1. The monoisotopic (exact) mass is 363 g/mol. The lowest BCUT2D eigenvalue weighted by Crippen LogP contribution is -2.41. The van der Waals surface area contributed by atoms with Crippen molar-refractivity contribution in [3.05, 3.63) is 33.8 Å². The predicted octanol–water partition coefficient (Wildman–Crippen LogP) is 2.96. The Morgan fingerprint density at radius 3 is 2.64 bits per heavy atom. The first-order chi connectivity index (χ1) is 10.3. The van der Waals surface area contributed by atoms with Crippen LogP contribution in [0.2, 0.25) is 10.0 Å². The van der Waals surface area contributed by atoms with Crippen LogP contribution in [0.5, 0.6) is 0 Å². The number of amides is 1. The number of aryl methyl sites for hydroxylation is 1. The molecule has 0 aromatic heterocycles. The van der Waals surface area contributed by atoms with Gasteiger partial charge in [-0.1, -0.05) is 29.3 Å². The van der Waals surface area contributed by atoms with Crippen LogP contribution in [0.1, 0.15) is 25.3 Å². The van der Waals surface area contributed by atoms with Crippen LogP contribution in [0.15, 0.2) is 18.2 Å². The summed E-state index contributed by atoms with van der Waals surface area (Å²) in [5.74, 6) is 0.217. The third-order valence-electron chi connectivity index (χ3n) is 3.93. The Morgan fingerprint density at radius 1 is 1.36 bits per heavy atom. The summed E-state index contributed by atoms with van der Waals surface area (Å²) in [6, 6.07) is 5.02. The SMILES string of the molecule is CCN(C(=O)CCc1ccc(Cl)cc1Cl)C1CCS(=O)(=O)C1. The Hall–Kier alpha value is -0.780. The first kappa shape index (κ1) is 17.6. The summed E-state index contributed by atoms with van der Waals surface area (Å²) in [7, 11) is -2.99. The van der Waals surface area contributed by atoms with Crippen molar-refractivity contribution >= 4 is 38.9 Å². The van der Waals surface area contributed by atoms with Crippen molar-refractivity contribution < 1.29 is 13.2 Å². The van der Waals surface area contributed by atoms with Gasteiger partial charge in [0.1, 0.15) is 0 Å². The first-order valence-electron chi connectivity index (χ1n) is 7.26. The molecule has 1 atom stereocenters. The fraction of sp³-hybridized carbons (Fsp3) is 0.533. The Balaban J connectivity index is 1.98. The highest BCUT2D eigenvalue weighted by Crippen LogP contribution is 2.23. The first-order valence-corrected chi connectivity index (χ1v) is 9.84. The maximum atomic E-state index is 12.4. The van der Waals surface area contributed by atoms with Crippen molar-refractivity contribution in [2.45, 2.75) is 32.2 Å². The van der Waals surface area contributed by atoms with Crippen LogP contribution >= 0.6 is 23.2 Å². The Morgan fingerprint density at radius 2 is 2.09 bits per heavy atom. The summed E-state index contributed by atoms with van der Waals surface area (Å²) < 4.78 is 23.1. The largest absolute Gasteiger partial charge is 0.339 e. The fourth-order valence-corrected chi connectivity index (χ4v) is 5.00. The molecule has 1 saturated heterocycles. The van der Waals surface area contributed by atoms with E-state index in [2.05, 4.69) is 0 Å². The van der Waals surface area contributed by atoms with Gasteiger partial charge in [-0.25, -0.2) is 8.42 Å². The summed E-state index contributed by atoms with van der Waals surface area (Å²) in [5, 5.41) is 1.11. The van der Waals surface area contributed by atoms with Crippen LogP contribution in [0.3, 0.4) is 0 Å². The van der Waals surface area contributed by atoms with Gasteiger partial charge >= 0.3 is 0 Å². The maximum Gasteiger partial charge on any atom is 0.223 e. The molecule has 1 aliphatic rings. The second kappa shape index (κ2) is 7.20. The molecule has 1 aromatic rings. The summed E-state index contributed by atoms with van der Waals surface area (Å²) in [6.45, 7) is 2.39. The normalized spacial score (nSPS) is 20.0. The summed E-state index contributed by atoms with van der Waals surface area (Å²) >= 11 is 12.0. The van der Waals surface area contributed by atoms with Crippen molar-refractivity contribution in [3.8, 4) is 0 Å². The summed E-state index contributed by atoms with van der Waals surface area (Å²) in [5.41, 5.74) is 0.870. The van der Waals surface area contributed by atoms with Gasteiger partial charge in [0, 0.05) is 29.1 Å². The van der Waals surface area contributed by atoms with Gasteiger partial charge in [0.05, 0.1) is 11.5 Å².